The molecule has 1 aliphatic rings. The molecule has 0 N–H and O–H groups in total. The molecule has 16 heavy (non-hydrogen) atoms. The van der Waals surface area contributed by atoms with Crippen LogP contribution in [0.4, 0.5) is 8.78 Å². The molecule has 2 heteroatoms. The topological polar surface area (TPSA) is 0 Å². The first-order valence-corrected chi connectivity index (χ1v) is 5.84. The minimum absolute atomic E-state index is 0.0255. The summed E-state index contributed by atoms with van der Waals surface area (Å²) < 4.78 is 26.4. The zero-order valence-electron chi connectivity index (χ0n) is 10.1. The lowest BCUT2D eigenvalue weighted by molar-refractivity contribution is 0.00775. The molecule has 0 bridgehead atoms. The van der Waals surface area contributed by atoms with Gasteiger partial charge in [-0.1, -0.05) is 17.7 Å². The lowest BCUT2D eigenvalue weighted by Gasteiger charge is -2.17. The monoisotopic (exact) mass is 224 g/mol. The van der Waals surface area contributed by atoms with Gasteiger partial charge in [0.25, 0.3) is 0 Å². The highest BCUT2D eigenvalue weighted by atomic mass is 19.3. The number of benzene rings is 1. The predicted octanol–water partition coefficient (Wildman–Crippen LogP) is 4.51. The molecule has 1 unspecified atom stereocenters. The van der Waals surface area contributed by atoms with Crippen LogP contribution in [0.25, 0.3) is 0 Å². The van der Waals surface area contributed by atoms with Crippen molar-refractivity contribution in [2.45, 2.75) is 51.9 Å². The van der Waals surface area contributed by atoms with Crippen LogP contribution < -0.4 is 0 Å². The highest BCUT2D eigenvalue weighted by Crippen LogP contribution is 2.45. The second-order valence-corrected chi connectivity index (χ2v) is 5.11. The normalized spacial score (nSPS) is 23.7. The van der Waals surface area contributed by atoms with Crippen molar-refractivity contribution in [1.82, 2.24) is 0 Å². The van der Waals surface area contributed by atoms with Gasteiger partial charge in [0.1, 0.15) is 0 Å². The molecular formula is C14H18F2. The summed E-state index contributed by atoms with van der Waals surface area (Å²) in [5.41, 5.74) is 4.70. The average molecular weight is 224 g/mol. The second-order valence-electron chi connectivity index (χ2n) is 5.11. The SMILES string of the molecule is Cc1cc(C)c(C2CCC(F)(F)C2)c(C)c1. The molecule has 1 saturated carbocycles. The van der Waals surface area contributed by atoms with E-state index in [1.165, 1.54) is 16.7 Å². The summed E-state index contributed by atoms with van der Waals surface area (Å²) in [5, 5.41) is 0. The summed E-state index contributed by atoms with van der Waals surface area (Å²) in [6.45, 7) is 6.12. The number of aryl methyl sites for hydroxylation is 3. The van der Waals surface area contributed by atoms with Crippen molar-refractivity contribution in [2.75, 3.05) is 0 Å². The summed E-state index contributed by atoms with van der Waals surface area (Å²) >= 11 is 0. The van der Waals surface area contributed by atoms with Crippen LogP contribution in [0.3, 0.4) is 0 Å². The quantitative estimate of drug-likeness (QED) is 0.658. The van der Waals surface area contributed by atoms with E-state index in [4.69, 9.17) is 0 Å². The van der Waals surface area contributed by atoms with Gasteiger partial charge in [-0.25, -0.2) is 8.78 Å². The maximum Gasteiger partial charge on any atom is 0.248 e. The van der Waals surface area contributed by atoms with Crippen molar-refractivity contribution >= 4 is 0 Å². The summed E-state index contributed by atoms with van der Waals surface area (Å²) in [4.78, 5) is 0. The van der Waals surface area contributed by atoms with Crippen molar-refractivity contribution in [1.29, 1.82) is 0 Å². The molecule has 0 heterocycles. The predicted molar refractivity (Wildman–Crippen MR) is 62.2 cm³/mol. The van der Waals surface area contributed by atoms with Gasteiger partial charge >= 0.3 is 0 Å². The van der Waals surface area contributed by atoms with E-state index >= 15 is 0 Å². The first-order chi connectivity index (χ1) is 7.39. The van der Waals surface area contributed by atoms with E-state index in [0.29, 0.717) is 6.42 Å². The number of hydrogen-bond donors (Lipinski definition) is 0. The Bertz CT molecular complexity index is 384. The molecule has 1 atom stereocenters. The van der Waals surface area contributed by atoms with Crippen molar-refractivity contribution in [2.24, 2.45) is 0 Å². The van der Waals surface area contributed by atoms with Crippen molar-refractivity contribution in [3.05, 3.63) is 34.4 Å². The Morgan fingerprint density at radius 2 is 1.69 bits per heavy atom. The minimum atomic E-state index is -2.45. The molecule has 0 amide bonds. The third-order valence-corrected chi connectivity index (χ3v) is 3.55. The molecule has 0 spiro atoms. The molecule has 0 radical (unpaired) electrons. The number of rotatable bonds is 1. The molecule has 0 nitrogen and oxygen atoms in total. The average Bonchev–Trinajstić information content (AvgIpc) is 2.44. The molecule has 0 aromatic heterocycles. The van der Waals surface area contributed by atoms with Crippen LogP contribution in [0.1, 0.15) is 47.4 Å². The number of hydrogen-bond acceptors (Lipinski definition) is 0. The largest absolute Gasteiger partial charge is 0.248 e. The van der Waals surface area contributed by atoms with Crippen molar-refractivity contribution in [3.63, 3.8) is 0 Å². The van der Waals surface area contributed by atoms with Crippen LogP contribution in [0.5, 0.6) is 0 Å². The third kappa shape index (κ3) is 2.11. The fourth-order valence-electron chi connectivity index (χ4n) is 3.03. The van der Waals surface area contributed by atoms with E-state index in [9.17, 15) is 8.78 Å². The van der Waals surface area contributed by atoms with Crippen LogP contribution in [0, 0.1) is 20.8 Å². The van der Waals surface area contributed by atoms with Gasteiger partial charge in [0.2, 0.25) is 5.92 Å². The molecule has 1 aliphatic carbocycles. The lowest BCUT2D eigenvalue weighted by Crippen LogP contribution is -2.10. The van der Waals surface area contributed by atoms with Gasteiger partial charge in [-0.3, -0.25) is 0 Å². The fraction of sp³-hybridized carbons (Fsp3) is 0.571. The lowest BCUT2D eigenvalue weighted by atomic mass is 9.88. The molecular weight excluding hydrogens is 206 g/mol. The van der Waals surface area contributed by atoms with E-state index in [2.05, 4.69) is 12.1 Å². The fourth-order valence-corrected chi connectivity index (χ4v) is 3.03. The van der Waals surface area contributed by atoms with Crippen molar-refractivity contribution in [3.8, 4) is 0 Å². The van der Waals surface area contributed by atoms with Crippen LogP contribution >= 0.6 is 0 Å². The van der Waals surface area contributed by atoms with Gasteiger partial charge in [0.05, 0.1) is 0 Å². The first kappa shape index (κ1) is 11.6. The van der Waals surface area contributed by atoms with Gasteiger partial charge in [-0.2, -0.15) is 0 Å². The summed E-state index contributed by atoms with van der Waals surface area (Å²) in [6.07, 6.45) is 0.694. The Kier molecular flexibility index (Phi) is 2.77. The molecule has 0 saturated heterocycles. The Morgan fingerprint density at radius 1 is 1.12 bits per heavy atom. The van der Waals surface area contributed by atoms with Crippen molar-refractivity contribution < 1.29 is 8.78 Å². The Hall–Kier alpha value is -0.920. The minimum Gasteiger partial charge on any atom is -0.207 e. The van der Waals surface area contributed by atoms with E-state index in [-0.39, 0.29) is 18.8 Å². The summed E-state index contributed by atoms with van der Waals surface area (Å²) in [5.74, 6) is -2.40. The smallest absolute Gasteiger partial charge is 0.207 e. The van der Waals surface area contributed by atoms with E-state index < -0.39 is 5.92 Å². The Morgan fingerprint density at radius 3 is 2.12 bits per heavy atom. The standard InChI is InChI=1S/C14H18F2/c1-9-6-10(2)13(11(3)7-9)12-4-5-14(15,16)8-12/h6-7,12H,4-5,8H2,1-3H3. The van der Waals surface area contributed by atoms with E-state index in [0.717, 1.165) is 5.56 Å². The molecule has 0 aliphatic heterocycles. The van der Waals surface area contributed by atoms with Gasteiger partial charge in [0.15, 0.2) is 0 Å². The first-order valence-electron chi connectivity index (χ1n) is 5.84. The molecule has 1 aromatic rings. The summed E-state index contributed by atoms with van der Waals surface area (Å²) in [6, 6.07) is 4.19. The molecule has 1 fully saturated rings. The molecule has 2 rings (SSSR count). The van der Waals surface area contributed by atoms with Crippen LogP contribution in [-0.2, 0) is 0 Å². The van der Waals surface area contributed by atoms with E-state index in [1.54, 1.807) is 0 Å². The van der Waals surface area contributed by atoms with Gasteiger partial charge in [-0.05, 0) is 49.8 Å². The van der Waals surface area contributed by atoms with Crippen LogP contribution in [0.15, 0.2) is 12.1 Å². The van der Waals surface area contributed by atoms with E-state index in [1.807, 2.05) is 20.8 Å². The van der Waals surface area contributed by atoms with Crippen LogP contribution in [0.2, 0.25) is 0 Å². The Labute approximate surface area is 95.7 Å². The number of alkyl halides is 2. The maximum atomic E-state index is 13.2. The zero-order valence-corrected chi connectivity index (χ0v) is 10.1. The summed E-state index contributed by atoms with van der Waals surface area (Å²) in [7, 11) is 0. The number of halogens is 2. The molecule has 1 aromatic carbocycles. The van der Waals surface area contributed by atoms with Gasteiger partial charge in [-0.15, -0.1) is 0 Å². The third-order valence-electron chi connectivity index (χ3n) is 3.55. The van der Waals surface area contributed by atoms with Gasteiger partial charge < -0.3 is 0 Å². The zero-order chi connectivity index (χ0) is 11.9. The maximum absolute atomic E-state index is 13.2. The van der Waals surface area contributed by atoms with Gasteiger partial charge in [0, 0.05) is 12.8 Å². The highest BCUT2D eigenvalue weighted by Gasteiger charge is 2.40. The molecule has 88 valence electrons. The second kappa shape index (κ2) is 3.83. The van der Waals surface area contributed by atoms with Crippen LogP contribution in [-0.4, -0.2) is 5.92 Å². The Balaban J connectivity index is 2.35. The highest BCUT2D eigenvalue weighted by molar-refractivity contribution is 5.40.